The van der Waals surface area contributed by atoms with E-state index in [1.807, 2.05) is 6.07 Å². The van der Waals surface area contributed by atoms with Crippen LogP contribution in [0, 0.1) is 6.92 Å². The summed E-state index contributed by atoms with van der Waals surface area (Å²) >= 11 is 0. The van der Waals surface area contributed by atoms with Crippen LogP contribution in [0.15, 0.2) is 42.0 Å². The Labute approximate surface area is 115 Å². The number of nitrogens with zero attached hydrogens (tertiary/aromatic N) is 1. The minimum atomic E-state index is 0.193. The second-order valence-electron chi connectivity index (χ2n) is 5.16. The lowest BCUT2D eigenvalue weighted by Gasteiger charge is -2.16. The second kappa shape index (κ2) is 5.98. The number of fused-ring (bicyclic) bond motifs is 1. The molecule has 0 fully saturated rings. The highest BCUT2D eigenvalue weighted by Crippen LogP contribution is 2.22. The molecule has 1 N–H and O–H groups in total. The zero-order chi connectivity index (χ0) is 13.8. The first-order chi connectivity index (χ1) is 9.11. The number of allylic oxidation sites excluding steroid dienone is 1. The third kappa shape index (κ3) is 3.21. The van der Waals surface area contributed by atoms with E-state index in [1.165, 1.54) is 16.5 Å². The monoisotopic (exact) mass is 254 g/mol. The quantitative estimate of drug-likeness (QED) is 0.829. The van der Waals surface area contributed by atoms with Crippen LogP contribution in [0.3, 0.4) is 0 Å². The normalized spacial score (nSPS) is 12.4. The van der Waals surface area contributed by atoms with Gasteiger partial charge < -0.3 is 5.32 Å². The van der Waals surface area contributed by atoms with Crippen LogP contribution in [-0.4, -0.2) is 11.5 Å². The highest BCUT2D eigenvalue weighted by atomic mass is 14.9. The SMILES string of the molecule is CCNC(C=C(C)C)c1cc(C)c2ccccc2n1. The van der Waals surface area contributed by atoms with Crippen molar-refractivity contribution in [3.05, 3.63) is 53.2 Å². The Kier molecular flexibility index (Phi) is 4.33. The number of rotatable bonds is 4. The highest BCUT2D eigenvalue weighted by molar-refractivity contribution is 5.82. The Morgan fingerprint density at radius 3 is 2.74 bits per heavy atom. The van der Waals surface area contributed by atoms with E-state index in [9.17, 15) is 0 Å². The molecule has 0 aliphatic rings. The number of benzene rings is 1. The molecule has 0 amide bonds. The van der Waals surface area contributed by atoms with Gasteiger partial charge in [0.1, 0.15) is 0 Å². The molecule has 0 aliphatic heterocycles. The fraction of sp³-hybridized carbons (Fsp3) is 0.353. The Balaban J connectivity index is 2.51. The van der Waals surface area contributed by atoms with Gasteiger partial charge in [0.15, 0.2) is 0 Å². The van der Waals surface area contributed by atoms with E-state index in [4.69, 9.17) is 4.98 Å². The van der Waals surface area contributed by atoms with E-state index in [0.29, 0.717) is 0 Å². The van der Waals surface area contributed by atoms with Gasteiger partial charge in [-0.1, -0.05) is 36.8 Å². The van der Waals surface area contributed by atoms with Crippen molar-refractivity contribution in [3.63, 3.8) is 0 Å². The molecule has 2 nitrogen and oxygen atoms in total. The molecule has 1 heterocycles. The first-order valence-electron chi connectivity index (χ1n) is 6.86. The molecule has 0 radical (unpaired) electrons. The molecule has 0 saturated heterocycles. The molecule has 0 saturated carbocycles. The minimum absolute atomic E-state index is 0.193. The van der Waals surface area contributed by atoms with Gasteiger partial charge >= 0.3 is 0 Å². The summed E-state index contributed by atoms with van der Waals surface area (Å²) in [6.45, 7) is 9.46. The van der Waals surface area contributed by atoms with Gasteiger partial charge in [-0.15, -0.1) is 0 Å². The van der Waals surface area contributed by atoms with Crippen molar-refractivity contribution in [3.8, 4) is 0 Å². The zero-order valence-corrected chi connectivity index (χ0v) is 12.2. The Hall–Kier alpha value is -1.67. The van der Waals surface area contributed by atoms with Crippen molar-refractivity contribution in [2.24, 2.45) is 0 Å². The summed E-state index contributed by atoms with van der Waals surface area (Å²) in [7, 11) is 0. The number of pyridine rings is 1. The van der Waals surface area contributed by atoms with Crippen molar-refractivity contribution in [2.45, 2.75) is 33.7 Å². The van der Waals surface area contributed by atoms with Crippen LogP contribution in [0.1, 0.15) is 38.1 Å². The van der Waals surface area contributed by atoms with Crippen LogP contribution in [0.5, 0.6) is 0 Å². The third-order valence-corrected chi connectivity index (χ3v) is 3.19. The molecular weight excluding hydrogens is 232 g/mol. The fourth-order valence-electron chi connectivity index (χ4n) is 2.34. The first-order valence-corrected chi connectivity index (χ1v) is 6.86. The van der Waals surface area contributed by atoms with Gasteiger partial charge in [0.2, 0.25) is 0 Å². The van der Waals surface area contributed by atoms with E-state index in [2.05, 4.69) is 63.4 Å². The topological polar surface area (TPSA) is 24.9 Å². The molecule has 1 aromatic heterocycles. The summed E-state index contributed by atoms with van der Waals surface area (Å²) in [5.74, 6) is 0. The van der Waals surface area contributed by atoms with Gasteiger partial charge in [-0.05, 0) is 45.0 Å². The predicted molar refractivity (Wildman–Crippen MR) is 82.3 cm³/mol. The number of likely N-dealkylation sites (N-methyl/N-ethyl adjacent to an activating group) is 1. The van der Waals surface area contributed by atoms with Gasteiger partial charge in [0.25, 0.3) is 0 Å². The van der Waals surface area contributed by atoms with Crippen molar-refractivity contribution in [1.82, 2.24) is 10.3 Å². The van der Waals surface area contributed by atoms with E-state index in [-0.39, 0.29) is 6.04 Å². The molecule has 2 aromatic rings. The molecule has 100 valence electrons. The van der Waals surface area contributed by atoms with Crippen LogP contribution in [-0.2, 0) is 0 Å². The van der Waals surface area contributed by atoms with Gasteiger partial charge in [-0.25, -0.2) is 0 Å². The summed E-state index contributed by atoms with van der Waals surface area (Å²) in [4.78, 5) is 4.80. The number of para-hydroxylation sites is 1. The Morgan fingerprint density at radius 2 is 2.05 bits per heavy atom. The lowest BCUT2D eigenvalue weighted by Crippen LogP contribution is -2.20. The number of nitrogens with one attached hydrogen (secondary N) is 1. The highest BCUT2D eigenvalue weighted by Gasteiger charge is 2.11. The van der Waals surface area contributed by atoms with Gasteiger partial charge in [0, 0.05) is 5.39 Å². The lowest BCUT2D eigenvalue weighted by molar-refractivity contribution is 0.631. The Bertz CT molecular complexity index is 595. The van der Waals surface area contributed by atoms with Crippen LogP contribution < -0.4 is 5.32 Å². The van der Waals surface area contributed by atoms with Crippen LogP contribution >= 0.6 is 0 Å². The number of aryl methyl sites for hydroxylation is 1. The molecule has 0 aliphatic carbocycles. The summed E-state index contributed by atoms with van der Waals surface area (Å²) in [6, 6.07) is 10.7. The molecular formula is C17H22N2. The molecule has 0 bridgehead atoms. The van der Waals surface area contributed by atoms with Gasteiger partial charge in [0.05, 0.1) is 17.3 Å². The summed E-state index contributed by atoms with van der Waals surface area (Å²) in [5, 5.41) is 4.72. The lowest BCUT2D eigenvalue weighted by atomic mass is 10.0. The van der Waals surface area contributed by atoms with E-state index in [0.717, 1.165) is 17.8 Å². The average molecular weight is 254 g/mol. The van der Waals surface area contributed by atoms with Crippen LogP contribution in [0.4, 0.5) is 0 Å². The maximum absolute atomic E-state index is 4.80. The number of aromatic nitrogens is 1. The molecule has 1 atom stereocenters. The number of hydrogen-bond donors (Lipinski definition) is 1. The number of hydrogen-bond acceptors (Lipinski definition) is 2. The van der Waals surface area contributed by atoms with Crippen molar-refractivity contribution < 1.29 is 0 Å². The van der Waals surface area contributed by atoms with Crippen LogP contribution in [0.25, 0.3) is 10.9 Å². The molecule has 1 aromatic carbocycles. The van der Waals surface area contributed by atoms with Gasteiger partial charge in [-0.3, -0.25) is 4.98 Å². The zero-order valence-electron chi connectivity index (χ0n) is 12.2. The maximum atomic E-state index is 4.80. The molecule has 1 unspecified atom stereocenters. The second-order valence-corrected chi connectivity index (χ2v) is 5.16. The standard InChI is InChI=1S/C17H22N2/c1-5-18-16(10-12(2)3)17-11-13(4)14-8-6-7-9-15(14)19-17/h6-11,16,18H,5H2,1-4H3. The predicted octanol–water partition coefficient (Wildman–Crippen LogP) is 4.16. The summed E-state index contributed by atoms with van der Waals surface area (Å²) < 4.78 is 0. The molecule has 2 heteroatoms. The third-order valence-electron chi connectivity index (χ3n) is 3.19. The first kappa shape index (κ1) is 13.8. The van der Waals surface area contributed by atoms with Crippen LogP contribution in [0.2, 0.25) is 0 Å². The van der Waals surface area contributed by atoms with E-state index in [1.54, 1.807) is 0 Å². The van der Waals surface area contributed by atoms with E-state index < -0.39 is 0 Å². The Morgan fingerprint density at radius 1 is 1.32 bits per heavy atom. The molecule has 19 heavy (non-hydrogen) atoms. The van der Waals surface area contributed by atoms with Gasteiger partial charge in [-0.2, -0.15) is 0 Å². The van der Waals surface area contributed by atoms with Crippen molar-refractivity contribution >= 4 is 10.9 Å². The van der Waals surface area contributed by atoms with E-state index >= 15 is 0 Å². The fourth-order valence-corrected chi connectivity index (χ4v) is 2.34. The minimum Gasteiger partial charge on any atom is -0.306 e. The smallest absolute Gasteiger partial charge is 0.0708 e. The van der Waals surface area contributed by atoms with Crippen molar-refractivity contribution in [2.75, 3.05) is 6.54 Å². The van der Waals surface area contributed by atoms with Crippen molar-refractivity contribution in [1.29, 1.82) is 0 Å². The summed E-state index contributed by atoms with van der Waals surface area (Å²) in [6.07, 6.45) is 2.24. The molecule has 0 spiro atoms. The average Bonchev–Trinajstić information content (AvgIpc) is 2.38. The maximum Gasteiger partial charge on any atom is 0.0708 e. The summed E-state index contributed by atoms with van der Waals surface area (Å²) in [5.41, 5.74) is 4.76. The largest absolute Gasteiger partial charge is 0.306 e. The molecule has 2 rings (SSSR count).